The summed E-state index contributed by atoms with van der Waals surface area (Å²) in [6.07, 6.45) is 0. The highest BCUT2D eigenvalue weighted by atomic mass is 16.1. The molecular formula is C14H18N4O. The minimum absolute atomic E-state index is 0.188. The molecule has 1 atom stereocenters. The number of aromatic amines is 1. The van der Waals surface area contributed by atoms with Crippen LogP contribution in [0.3, 0.4) is 0 Å². The normalized spacial score (nSPS) is 12.1. The van der Waals surface area contributed by atoms with Gasteiger partial charge >= 0.3 is 0 Å². The highest BCUT2D eigenvalue weighted by molar-refractivity contribution is 5.99. The van der Waals surface area contributed by atoms with E-state index in [4.69, 9.17) is 5.73 Å². The molecule has 1 amide bonds. The fraction of sp³-hybridized carbons (Fsp3) is 0.286. The van der Waals surface area contributed by atoms with Gasteiger partial charge < -0.3 is 11.1 Å². The first-order valence-corrected chi connectivity index (χ1v) is 6.23. The zero-order chi connectivity index (χ0) is 13.8. The Morgan fingerprint density at radius 2 is 2.11 bits per heavy atom. The Morgan fingerprint density at radius 1 is 1.42 bits per heavy atom. The molecule has 1 aromatic carbocycles. The quantitative estimate of drug-likeness (QED) is 0.782. The Morgan fingerprint density at radius 3 is 2.68 bits per heavy atom. The number of aromatic nitrogens is 2. The molecule has 2 aromatic rings. The van der Waals surface area contributed by atoms with Gasteiger partial charge in [-0.1, -0.05) is 37.3 Å². The van der Waals surface area contributed by atoms with Crippen LogP contribution in [0.2, 0.25) is 0 Å². The van der Waals surface area contributed by atoms with Crippen LogP contribution in [0, 0.1) is 6.92 Å². The van der Waals surface area contributed by atoms with E-state index in [1.165, 1.54) is 5.56 Å². The van der Waals surface area contributed by atoms with Crippen molar-refractivity contribution in [1.82, 2.24) is 15.5 Å². The fourth-order valence-corrected chi connectivity index (χ4v) is 1.97. The molecule has 0 radical (unpaired) electrons. The predicted octanol–water partition coefficient (Wildman–Crippen LogP) is 1.83. The summed E-state index contributed by atoms with van der Waals surface area (Å²) in [5.41, 5.74) is 7.96. The van der Waals surface area contributed by atoms with E-state index in [-0.39, 0.29) is 17.6 Å². The molecule has 0 spiro atoms. The maximum absolute atomic E-state index is 12.0. The number of carbonyl (C=O) groups excluding carboxylic acids is 1. The second-order valence-electron chi connectivity index (χ2n) is 4.63. The van der Waals surface area contributed by atoms with Crippen LogP contribution in [0.4, 0.5) is 5.82 Å². The number of H-pyrrole nitrogens is 1. The van der Waals surface area contributed by atoms with Gasteiger partial charge in [0.15, 0.2) is 5.82 Å². The molecule has 5 nitrogen and oxygen atoms in total. The van der Waals surface area contributed by atoms with Crippen molar-refractivity contribution < 1.29 is 4.79 Å². The number of hydrogen-bond acceptors (Lipinski definition) is 3. The number of hydrogen-bond donors (Lipinski definition) is 3. The van der Waals surface area contributed by atoms with Crippen molar-refractivity contribution in [3.63, 3.8) is 0 Å². The van der Waals surface area contributed by atoms with Crippen LogP contribution in [-0.4, -0.2) is 22.6 Å². The van der Waals surface area contributed by atoms with E-state index in [0.29, 0.717) is 17.8 Å². The third-order valence-corrected chi connectivity index (χ3v) is 3.14. The fourth-order valence-electron chi connectivity index (χ4n) is 1.97. The Labute approximate surface area is 112 Å². The van der Waals surface area contributed by atoms with E-state index in [0.717, 1.165) is 0 Å². The van der Waals surface area contributed by atoms with Crippen molar-refractivity contribution in [1.29, 1.82) is 0 Å². The Balaban J connectivity index is 1.98. The summed E-state index contributed by atoms with van der Waals surface area (Å²) in [5.74, 6) is 0.299. The number of anilines is 1. The van der Waals surface area contributed by atoms with Crippen LogP contribution in [0.5, 0.6) is 0 Å². The largest absolute Gasteiger partial charge is 0.382 e. The lowest BCUT2D eigenvalue weighted by atomic mass is 10.0. The third kappa shape index (κ3) is 2.93. The lowest BCUT2D eigenvalue weighted by Gasteiger charge is -2.13. The van der Waals surface area contributed by atoms with Crippen LogP contribution in [0.25, 0.3) is 0 Å². The number of benzene rings is 1. The summed E-state index contributed by atoms with van der Waals surface area (Å²) in [5, 5.41) is 9.40. The van der Waals surface area contributed by atoms with Gasteiger partial charge in [0.05, 0.1) is 0 Å². The van der Waals surface area contributed by atoms with Gasteiger partial charge in [-0.25, -0.2) is 0 Å². The molecule has 0 bridgehead atoms. The molecule has 4 N–H and O–H groups in total. The van der Waals surface area contributed by atoms with E-state index >= 15 is 0 Å². The SMILES string of the molecule is Cc1[nH]nc(N)c1C(=O)NCC(C)c1ccccc1. The Hall–Kier alpha value is -2.30. The van der Waals surface area contributed by atoms with Crippen LogP contribution >= 0.6 is 0 Å². The van der Waals surface area contributed by atoms with Crippen molar-refractivity contribution in [2.75, 3.05) is 12.3 Å². The Bertz CT molecular complexity index is 543. The molecule has 2 rings (SSSR count). The van der Waals surface area contributed by atoms with Crippen LogP contribution < -0.4 is 11.1 Å². The van der Waals surface area contributed by atoms with Crippen LogP contribution in [0.15, 0.2) is 30.3 Å². The molecule has 1 heterocycles. The molecule has 0 saturated heterocycles. The average Bonchev–Trinajstić information content (AvgIpc) is 2.76. The van der Waals surface area contributed by atoms with Gasteiger partial charge in [-0.2, -0.15) is 5.10 Å². The smallest absolute Gasteiger partial charge is 0.256 e. The van der Waals surface area contributed by atoms with Crippen molar-refractivity contribution in [3.8, 4) is 0 Å². The van der Waals surface area contributed by atoms with Gasteiger partial charge in [0.2, 0.25) is 0 Å². The van der Waals surface area contributed by atoms with Crippen LogP contribution in [-0.2, 0) is 0 Å². The van der Waals surface area contributed by atoms with Crippen molar-refractivity contribution in [2.24, 2.45) is 0 Å². The van der Waals surface area contributed by atoms with Gasteiger partial charge in [-0.15, -0.1) is 0 Å². The maximum atomic E-state index is 12.0. The van der Waals surface area contributed by atoms with E-state index in [1.807, 2.05) is 30.3 Å². The van der Waals surface area contributed by atoms with Gasteiger partial charge in [0, 0.05) is 12.2 Å². The number of nitrogens with zero attached hydrogens (tertiary/aromatic N) is 1. The van der Waals surface area contributed by atoms with Gasteiger partial charge in [-0.05, 0) is 18.4 Å². The van der Waals surface area contributed by atoms with Crippen molar-refractivity contribution in [3.05, 3.63) is 47.2 Å². The molecule has 0 aliphatic carbocycles. The third-order valence-electron chi connectivity index (χ3n) is 3.14. The standard InChI is InChI=1S/C14H18N4O/c1-9(11-6-4-3-5-7-11)8-16-14(19)12-10(2)17-18-13(12)15/h3-7,9H,8H2,1-2H3,(H,16,19)(H3,15,17,18). The number of amides is 1. The number of aryl methyl sites for hydroxylation is 1. The molecule has 100 valence electrons. The molecular weight excluding hydrogens is 240 g/mol. The highest BCUT2D eigenvalue weighted by Crippen LogP contribution is 2.15. The number of nitrogen functional groups attached to an aromatic ring is 1. The molecule has 0 aliphatic rings. The molecule has 0 saturated carbocycles. The average molecular weight is 258 g/mol. The number of rotatable bonds is 4. The Kier molecular flexibility index (Phi) is 3.85. The van der Waals surface area contributed by atoms with Gasteiger partial charge in [0.1, 0.15) is 5.56 Å². The lowest BCUT2D eigenvalue weighted by molar-refractivity contribution is 0.0952. The van der Waals surface area contributed by atoms with E-state index in [9.17, 15) is 4.79 Å². The van der Waals surface area contributed by atoms with Gasteiger partial charge in [0.25, 0.3) is 5.91 Å². The van der Waals surface area contributed by atoms with E-state index in [2.05, 4.69) is 22.4 Å². The van der Waals surface area contributed by atoms with E-state index in [1.54, 1.807) is 6.92 Å². The second kappa shape index (κ2) is 5.56. The van der Waals surface area contributed by atoms with Crippen LogP contribution in [0.1, 0.15) is 34.5 Å². The minimum Gasteiger partial charge on any atom is -0.382 e. The van der Waals surface area contributed by atoms with E-state index < -0.39 is 0 Å². The summed E-state index contributed by atoms with van der Waals surface area (Å²) in [6.45, 7) is 4.41. The zero-order valence-corrected chi connectivity index (χ0v) is 11.1. The van der Waals surface area contributed by atoms with Crippen molar-refractivity contribution in [2.45, 2.75) is 19.8 Å². The monoisotopic (exact) mass is 258 g/mol. The maximum Gasteiger partial charge on any atom is 0.256 e. The summed E-state index contributed by atoms with van der Waals surface area (Å²) in [4.78, 5) is 12.0. The first-order chi connectivity index (χ1) is 9.09. The summed E-state index contributed by atoms with van der Waals surface area (Å²) >= 11 is 0. The molecule has 0 fully saturated rings. The topological polar surface area (TPSA) is 83.8 Å². The molecule has 19 heavy (non-hydrogen) atoms. The number of carbonyl (C=O) groups is 1. The first-order valence-electron chi connectivity index (χ1n) is 6.23. The highest BCUT2D eigenvalue weighted by Gasteiger charge is 2.16. The van der Waals surface area contributed by atoms with Gasteiger partial charge in [-0.3, -0.25) is 9.89 Å². The molecule has 5 heteroatoms. The number of nitrogens with one attached hydrogen (secondary N) is 2. The summed E-state index contributed by atoms with van der Waals surface area (Å²) in [7, 11) is 0. The predicted molar refractivity (Wildman–Crippen MR) is 74.9 cm³/mol. The molecule has 1 aromatic heterocycles. The first kappa shape index (κ1) is 13.1. The molecule has 0 aliphatic heterocycles. The summed E-state index contributed by atoms with van der Waals surface area (Å²) in [6, 6.07) is 10.1. The minimum atomic E-state index is -0.188. The zero-order valence-electron chi connectivity index (χ0n) is 11.1. The lowest BCUT2D eigenvalue weighted by Crippen LogP contribution is -2.28. The molecule has 1 unspecified atom stereocenters. The second-order valence-corrected chi connectivity index (χ2v) is 4.63. The summed E-state index contributed by atoms with van der Waals surface area (Å²) < 4.78 is 0. The number of nitrogens with two attached hydrogens (primary N) is 1. The van der Waals surface area contributed by atoms with Crippen molar-refractivity contribution >= 4 is 11.7 Å².